The fraction of sp³-hybridized carbons (Fsp3) is 0.214. The lowest BCUT2D eigenvalue weighted by molar-refractivity contribution is 0.122. The van der Waals surface area contributed by atoms with Gasteiger partial charge in [-0.15, -0.1) is 0 Å². The number of morpholine rings is 1. The van der Waals surface area contributed by atoms with Crippen LogP contribution in [-0.4, -0.2) is 36.1 Å². The van der Waals surface area contributed by atoms with Gasteiger partial charge < -0.3 is 9.64 Å². The van der Waals surface area contributed by atoms with E-state index >= 15 is 0 Å². The van der Waals surface area contributed by atoms with Crippen molar-refractivity contribution in [1.29, 1.82) is 0 Å². The summed E-state index contributed by atoms with van der Waals surface area (Å²) in [5, 5.41) is 6.44. The Kier molecular flexibility index (Phi) is 5.80. The molecule has 0 unspecified atom stereocenters. The first-order valence-corrected chi connectivity index (χ1v) is 11.3. The number of hydrogen-bond acceptors (Lipinski definition) is 4. The highest BCUT2D eigenvalue weighted by Gasteiger charge is 2.18. The normalized spacial score (nSPS) is 13.8. The van der Waals surface area contributed by atoms with Gasteiger partial charge in [-0.1, -0.05) is 66.2 Å². The Morgan fingerprint density at radius 1 is 0.909 bits per heavy atom. The highest BCUT2D eigenvalue weighted by Crippen LogP contribution is 2.28. The summed E-state index contributed by atoms with van der Waals surface area (Å²) in [5.74, 6) is 0. The van der Waals surface area contributed by atoms with E-state index in [4.69, 9.17) is 9.84 Å². The van der Waals surface area contributed by atoms with Crippen LogP contribution in [0.1, 0.15) is 19.4 Å². The van der Waals surface area contributed by atoms with E-state index in [1.807, 2.05) is 54.6 Å². The van der Waals surface area contributed by atoms with Gasteiger partial charge in [-0.05, 0) is 32.0 Å². The summed E-state index contributed by atoms with van der Waals surface area (Å²) in [6, 6.07) is 24.0. The Labute approximate surface area is 193 Å². The molecule has 0 N–H and O–H groups in total. The highest BCUT2D eigenvalue weighted by molar-refractivity contribution is 5.94. The summed E-state index contributed by atoms with van der Waals surface area (Å²) >= 11 is 0. The van der Waals surface area contributed by atoms with Crippen molar-refractivity contribution in [2.45, 2.75) is 13.8 Å². The molecular formula is C28H27N3O2. The van der Waals surface area contributed by atoms with Crippen LogP contribution in [0.3, 0.4) is 0 Å². The van der Waals surface area contributed by atoms with Crippen LogP contribution < -0.4 is 10.5 Å². The smallest absolute Gasteiger partial charge is 0.279 e. The second kappa shape index (κ2) is 9.04. The van der Waals surface area contributed by atoms with Crippen LogP contribution in [0, 0.1) is 0 Å². The topological polar surface area (TPSA) is 47.4 Å². The van der Waals surface area contributed by atoms with Gasteiger partial charge in [-0.2, -0.15) is 9.78 Å². The molecule has 0 saturated carbocycles. The Morgan fingerprint density at radius 2 is 1.61 bits per heavy atom. The van der Waals surface area contributed by atoms with E-state index in [1.165, 1.54) is 0 Å². The van der Waals surface area contributed by atoms with Crippen LogP contribution in [0.25, 0.3) is 33.8 Å². The van der Waals surface area contributed by atoms with Gasteiger partial charge in [0.1, 0.15) is 0 Å². The van der Waals surface area contributed by atoms with Gasteiger partial charge in [0.2, 0.25) is 0 Å². The van der Waals surface area contributed by atoms with Gasteiger partial charge >= 0.3 is 0 Å². The predicted molar refractivity (Wildman–Crippen MR) is 135 cm³/mol. The molecule has 1 aliphatic heterocycles. The molecule has 4 aromatic rings. The Morgan fingerprint density at radius 3 is 2.33 bits per heavy atom. The van der Waals surface area contributed by atoms with Gasteiger partial charge in [0, 0.05) is 35.3 Å². The van der Waals surface area contributed by atoms with Crippen molar-refractivity contribution in [2.24, 2.45) is 0 Å². The number of nitrogens with zero attached hydrogens (tertiary/aromatic N) is 3. The first-order chi connectivity index (χ1) is 16.1. The number of hydrogen-bond donors (Lipinski definition) is 0. The lowest BCUT2D eigenvalue weighted by Crippen LogP contribution is -2.36. The van der Waals surface area contributed by atoms with Gasteiger partial charge in [-0.25, -0.2) is 0 Å². The van der Waals surface area contributed by atoms with Gasteiger partial charge in [0.25, 0.3) is 5.56 Å². The molecule has 1 aliphatic rings. The zero-order valence-corrected chi connectivity index (χ0v) is 19.0. The third-order valence-corrected chi connectivity index (χ3v) is 5.91. The SMILES string of the molecule is CC(C)=Cc1ccc(N2CCOCC2)cc1-n1nc(-c2ccccc2)c2ccccc2c1=O. The van der Waals surface area contributed by atoms with Crippen LogP contribution in [0.5, 0.6) is 0 Å². The van der Waals surface area contributed by atoms with E-state index in [2.05, 4.69) is 43.0 Å². The highest BCUT2D eigenvalue weighted by atomic mass is 16.5. The molecule has 5 rings (SSSR count). The fourth-order valence-electron chi connectivity index (χ4n) is 4.33. The van der Waals surface area contributed by atoms with Gasteiger partial charge in [0.15, 0.2) is 0 Å². The summed E-state index contributed by atoms with van der Waals surface area (Å²) in [6.45, 7) is 7.19. The molecule has 0 amide bonds. The van der Waals surface area contributed by atoms with Crippen molar-refractivity contribution in [1.82, 2.24) is 9.78 Å². The van der Waals surface area contributed by atoms with Gasteiger partial charge in [0.05, 0.1) is 30.0 Å². The molecule has 0 radical (unpaired) electrons. The standard InChI is InChI=1S/C28H27N3O2/c1-20(2)18-22-12-13-23(30-14-16-33-17-15-30)19-26(22)31-28(32)25-11-7-6-10-24(25)27(29-31)21-8-4-3-5-9-21/h3-13,18-19H,14-17H2,1-2H3. The van der Waals surface area contributed by atoms with Crippen LogP contribution in [0.2, 0.25) is 0 Å². The average molecular weight is 438 g/mol. The van der Waals surface area contributed by atoms with Crippen molar-refractivity contribution in [3.8, 4) is 16.9 Å². The summed E-state index contributed by atoms with van der Waals surface area (Å²) < 4.78 is 7.10. The molecule has 0 spiro atoms. The Bertz CT molecular complexity index is 1380. The zero-order valence-electron chi connectivity index (χ0n) is 19.0. The number of rotatable bonds is 4. The monoisotopic (exact) mass is 437 g/mol. The zero-order chi connectivity index (χ0) is 22.8. The maximum Gasteiger partial charge on any atom is 0.279 e. The van der Waals surface area contributed by atoms with Crippen LogP contribution in [0.15, 0.2) is 83.2 Å². The van der Waals surface area contributed by atoms with Crippen molar-refractivity contribution in [3.63, 3.8) is 0 Å². The third-order valence-electron chi connectivity index (χ3n) is 5.91. The first kappa shape index (κ1) is 21.2. The number of aromatic nitrogens is 2. The van der Waals surface area contributed by atoms with E-state index < -0.39 is 0 Å². The summed E-state index contributed by atoms with van der Waals surface area (Å²) in [4.78, 5) is 16.0. The fourth-order valence-corrected chi connectivity index (χ4v) is 4.33. The summed E-state index contributed by atoms with van der Waals surface area (Å²) in [7, 11) is 0. The molecule has 1 saturated heterocycles. The van der Waals surface area contributed by atoms with Crippen molar-refractivity contribution in [2.75, 3.05) is 31.2 Å². The lowest BCUT2D eigenvalue weighted by Gasteiger charge is -2.29. The van der Waals surface area contributed by atoms with Crippen LogP contribution in [0.4, 0.5) is 5.69 Å². The molecule has 1 aromatic heterocycles. The summed E-state index contributed by atoms with van der Waals surface area (Å²) in [6.07, 6.45) is 2.10. The van der Waals surface area contributed by atoms with Gasteiger partial charge in [-0.3, -0.25) is 4.79 Å². The molecule has 5 heteroatoms. The third kappa shape index (κ3) is 4.20. The number of anilines is 1. The van der Waals surface area contributed by atoms with Crippen LogP contribution >= 0.6 is 0 Å². The minimum absolute atomic E-state index is 0.118. The van der Waals surface area contributed by atoms with E-state index in [1.54, 1.807) is 4.68 Å². The number of ether oxygens (including phenoxy) is 1. The largest absolute Gasteiger partial charge is 0.378 e. The summed E-state index contributed by atoms with van der Waals surface area (Å²) in [5.41, 5.74) is 5.65. The van der Waals surface area contributed by atoms with E-state index in [9.17, 15) is 4.79 Å². The van der Waals surface area contributed by atoms with E-state index in [0.29, 0.717) is 18.6 Å². The first-order valence-electron chi connectivity index (χ1n) is 11.3. The molecule has 0 bridgehead atoms. The minimum atomic E-state index is -0.118. The van der Waals surface area contributed by atoms with Crippen molar-refractivity contribution < 1.29 is 4.74 Å². The molecular weight excluding hydrogens is 410 g/mol. The van der Waals surface area contributed by atoms with E-state index in [-0.39, 0.29) is 5.56 Å². The number of allylic oxidation sites excluding steroid dienone is 1. The quantitative estimate of drug-likeness (QED) is 0.434. The lowest BCUT2D eigenvalue weighted by atomic mass is 10.0. The average Bonchev–Trinajstić information content (AvgIpc) is 2.86. The second-order valence-electron chi connectivity index (χ2n) is 8.54. The number of fused-ring (bicyclic) bond motifs is 1. The minimum Gasteiger partial charge on any atom is -0.378 e. The second-order valence-corrected chi connectivity index (χ2v) is 8.54. The van der Waals surface area contributed by atoms with Crippen molar-refractivity contribution >= 4 is 22.5 Å². The van der Waals surface area contributed by atoms with E-state index in [0.717, 1.165) is 52.2 Å². The predicted octanol–water partition coefficient (Wildman–Crippen LogP) is 5.31. The molecule has 0 aliphatic carbocycles. The molecule has 33 heavy (non-hydrogen) atoms. The van der Waals surface area contributed by atoms with Crippen LogP contribution in [-0.2, 0) is 4.74 Å². The Balaban J connectivity index is 1.78. The maximum atomic E-state index is 13.7. The number of benzene rings is 3. The Hall–Kier alpha value is -3.70. The van der Waals surface area contributed by atoms with Crippen molar-refractivity contribution in [3.05, 3.63) is 94.3 Å². The molecule has 1 fully saturated rings. The maximum absolute atomic E-state index is 13.7. The molecule has 0 atom stereocenters. The molecule has 3 aromatic carbocycles. The molecule has 5 nitrogen and oxygen atoms in total. The molecule has 2 heterocycles. The molecule has 166 valence electrons.